The van der Waals surface area contributed by atoms with Crippen LogP contribution in [0.2, 0.25) is 5.02 Å². The van der Waals surface area contributed by atoms with E-state index in [-0.39, 0.29) is 23.3 Å². The number of nitrogens with two attached hydrogens (primary N) is 1. The van der Waals surface area contributed by atoms with Gasteiger partial charge in [0.1, 0.15) is 22.8 Å². The van der Waals surface area contributed by atoms with Crippen molar-refractivity contribution < 1.29 is 28.0 Å². The van der Waals surface area contributed by atoms with Crippen LogP contribution < -0.4 is 20.5 Å². The lowest BCUT2D eigenvalue weighted by atomic mass is 9.96. The Hall–Kier alpha value is -3.98. The second-order valence-electron chi connectivity index (χ2n) is 10.3. The predicted octanol–water partition coefficient (Wildman–Crippen LogP) is 5.91. The molecule has 42 heavy (non-hydrogen) atoms. The zero-order valence-corrected chi connectivity index (χ0v) is 25.1. The molecule has 1 unspecified atom stereocenters. The smallest absolute Gasteiger partial charge is 0.261 e. The highest BCUT2D eigenvalue weighted by Gasteiger charge is 2.43. The molecule has 0 bridgehead atoms. The van der Waals surface area contributed by atoms with E-state index >= 15 is 0 Å². The van der Waals surface area contributed by atoms with Crippen LogP contribution in [0, 0.1) is 12.7 Å². The van der Waals surface area contributed by atoms with Crippen molar-refractivity contribution in [3.8, 4) is 22.8 Å². The van der Waals surface area contributed by atoms with Crippen LogP contribution in [-0.2, 0) is 4.79 Å². The minimum absolute atomic E-state index is 0.00883. The van der Waals surface area contributed by atoms with Crippen molar-refractivity contribution in [3.05, 3.63) is 69.6 Å². The number of halogens is 2. The Morgan fingerprint density at radius 3 is 2.67 bits per heavy atom. The van der Waals surface area contributed by atoms with Gasteiger partial charge in [-0.25, -0.2) is 9.37 Å². The van der Waals surface area contributed by atoms with Crippen LogP contribution in [0.3, 0.4) is 0 Å². The van der Waals surface area contributed by atoms with E-state index in [9.17, 15) is 9.18 Å². The van der Waals surface area contributed by atoms with E-state index in [2.05, 4.69) is 28.8 Å². The predicted molar refractivity (Wildman–Crippen MR) is 162 cm³/mol. The number of fused-ring (bicyclic) bond motifs is 1. The van der Waals surface area contributed by atoms with Gasteiger partial charge in [0, 0.05) is 42.1 Å². The van der Waals surface area contributed by atoms with Crippen LogP contribution in [0.15, 0.2) is 36.4 Å². The molecule has 2 aromatic carbocycles. The number of carbonyl (C=O) groups excluding carboxylic acids is 2. The number of hydrogen-bond donors (Lipinski definition) is 2. The quantitative estimate of drug-likeness (QED) is 0.212. The number of primary amides is 1. The second kappa shape index (κ2) is 13.8. The van der Waals surface area contributed by atoms with Gasteiger partial charge in [0.15, 0.2) is 18.0 Å². The molecule has 1 aromatic heterocycles. The Labute approximate surface area is 250 Å². The third kappa shape index (κ3) is 6.57. The molecule has 1 fully saturated rings. The summed E-state index contributed by atoms with van der Waals surface area (Å²) in [4.78, 5) is 26.8. The number of ether oxygens (including phenoxy) is 2. The van der Waals surface area contributed by atoms with Gasteiger partial charge in [-0.1, -0.05) is 37.1 Å². The van der Waals surface area contributed by atoms with Gasteiger partial charge < -0.3 is 20.5 Å². The summed E-state index contributed by atoms with van der Waals surface area (Å²) in [5.74, 6) is 0.581. The van der Waals surface area contributed by atoms with Crippen molar-refractivity contribution in [2.45, 2.75) is 58.4 Å². The van der Waals surface area contributed by atoms with E-state index in [1.54, 1.807) is 19.2 Å². The third-order valence-corrected chi connectivity index (χ3v) is 7.69. The van der Waals surface area contributed by atoms with Gasteiger partial charge in [0.25, 0.3) is 11.6 Å². The molecule has 1 saturated carbocycles. The second-order valence-corrected chi connectivity index (χ2v) is 10.7. The van der Waals surface area contributed by atoms with E-state index in [1.165, 1.54) is 18.9 Å². The Morgan fingerprint density at radius 2 is 2.02 bits per heavy atom. The number of carbonyl (C=O) groups is 2. The number of hydrogen-bond acceptors (Lipinski definition) is 5. The molecule has 1 atom stereocenters. The molecule has 2 amide bonds. The van der Waals surface area contributed by atoms with Crippen LogP contribution in [-0.4, -0.2) is 54.4 Å². The van der Waals surface area contributed by atoms with E-state index in [0.717, 1.165) is 41.1 Å². The summed E-state index contributed by atoms with van der Waals surface area (Å²) in [5.41, 5.74) is 9.50. The maximum Gasteiger partial charge on any atom is 0.261 e. The molecule has 0 spiro atoms. The van der Waals surface area contributed by atoms with Gasteiger partial charge in [0.05, 0.1) is 18.7 Å². The van der Waals surface area contributed by atoms with E-state index in [4.69, 9.17) is 30.9 Å². The summed E-state index contributed by atoms with van der Waals surface area (Å²) < 4.78 is 28.1. The van der Waals surface area contributed by atoms with Gasteiger partial charge in [-0.05, 0) is 50.1 Å². The number of nitrogens with zero attached hydrogens (tertiary/aromatic N) is 2. The van der Waals surface area contributed by atoms with Gasteiger partial charge in [0.2, 0.25) is 6.41 Å². The number of pyridine rings is 1. The SMILES string of the molecule is CCCC(CNC(=O)c1cc2c(c(OC)c1)[N+](C1CC1)=C2)c1cc(C)c(OCC)c(-c2cccc(F)c2Cl)n1.NC=O. The van der Waals surface area contributed by atoms with Crippen molar-refractivity contribution in [2.24, 2.45) is 5.73 Å². The van der Waals surface area contributed by atoms with E-state index < -0.39 is 5.82 Å². The standard InChI is InChI=1S/C31H33ClFN3O3.CH3NO/c1-5-8-19(16-34-31(37)20-14-21-17-36(22-11-12-22)29(21)26(15-20)38-4)25-13-18(3)30(39-6-2)28(35-25)23-9-7-10-24(33)27(23)32;2-1-3/h7,9-10,13-15,17,19,22H,5-6,8,11-12,16H2,1-4H3;1H,(H2,2,3)/p+1. The Kier molecular flexibility index (Phi) is 10.2. The Balaban J connectivity index is 0.00000129. The molecule has 1 aliphatic carbocycles. The molecule has 3 aromatic rings. The molecule has 2 aliphatic rings. The summed E-state index contributed by atoms with van der Waals surface area (Å²) in [6, 6.07) is 11.0. The molecule has 5 rings (SSSR count). The highest BCUT2D eigenvalue weighted by Crippen LogP contribution is 2.43. The van der Waals surface area contributed by atoms with Gasteiger partial charge in [-0.3, -0.25) is 9.59 Å². The summed E-state index contributed by atoms with van der Waals surface area (Å²) in [7, 11) is 1.64. The summed E-state index contributed by atoms with van der Waals surface area (Å²) in [6.45, 7) is 6.79. The lowest BCUT2D eigenvalue weighted by Crippen LogP contribution is -2.30. The molecule has 1 aliphatic heterocycles. The average molecular weight is 596 g/mol. The first-order chi connectivity index (χ1) is 20.3. The fourth-order valence-electron chi connectivity index (χ4n) is 5.19. The maximum atomic E-state index is 14.3. The summed E-state index contributed by atoms with van der Waals surface area (Å²) in [6.07, 6.45) is 6.44. The monoisotopic (exact) mass is 595 g/mol. The molecule has 0 saturated heterocycles. The Bertz CT molecular complexity index is 1510. The molecule has 0 radical (unpaired) electrons. The number of amides is 2. The zero-order valence-electron chi connectivity index (χ0n) is 24.4. The Morgan fingerprint density at radius 1 is 1.29 bits per heavy atom. The lowest BCUT2D eigenvalue weighted by molar-refractivity contribution is -0.462. The van der Waals surface area contributed by atoms with Crippen molar-refractivity contribution in [3.63, 3.8) is 0 Å². The molecule has 3 N–H and O–H groups in total. The summed E-state index contributed by atoms with van der Waals surface area (Å²) >= 11 is 6.36. The number of nitrogens with one attached hydrogen (secondary N) is 1. The molecular weight excluding hydrogens is 559 g/mol. The van der Waals surface area contributed by atoms with Crippen LogP contribution in [0.25, 0.3) is 11.3 Å². The van der Waals surface area contributed by atoms with Crippen molar-refractivity contribution in [1.29, 1.82) is 0 Å². The fourth-order valence-corrected chi connectivity index (χ4v) is 5.41. The highest BCUT2D eigenvalue weighted by molar-refractivity contribution is 6.33. The molecular formula is C32H37ClFN4O4+. The number of methoxy groups -OCH3 is 1. The first kappa shape index (κ1) is 31.0. The topological polar surface area (TPSA) is 107 Å². The number of benzene rings is 2. The van der Waals surface area contributed by atoms with Crippen molar-refractivity contribution in [2.75, 3.05) is 20.3 Å². The molecule has 10 heteroatoms. The van der Waals surface area contributed by atoms with Gasteiger partial charge in [-0.15, -0.1) is 0 Å². The van der Waals surface area contributed by atoms with Crippen LogP contribution in [0.4, 0.5) is 10.1 Å². The van der Waals surface area contributed by atoms with Gasteiger partial charge >= 0.3 is 0 Å². The van der Waals surface area contributed by atoms with Crippen molar-refractivity contribution >= 4 is 35.8 Å². The minimum Gasteiger partial charge on any atom is -0.491 e. The molecule has 222 valence electrons. The first-order valence-electron chi connectivity index (χ1n) is 14.1. The van der Waals surface area contributed by atoms with Crippen LogP contribution >= 0.6 is 11.6 Å². The average Bonchev–Trinajstić information content (AvgIpc) is 3.79. The zero-order chi connectivity index (χ0) is 30.4. The highest BCUT2D eigenvalue weighted by atomic mass is 35.5. The summed E-state index contributed by atoms with van der Waals surface area (Å²) in [5, 5.41) is 3.12. The lowest BCUT2D eigenvalue weighted by Gasteiger charge is -2.21. The van der Waals surface area contributed by atoms with E-state index in [1.807, 2.05) is 32.0 Å². The largest absolute Gasteiger partial charge is 0.491 e. The third-order valence-electron chi connectivity index (χ3n) is 7.30. The van der Waals surface area contributed by atoms with Crippen molar-refractivity contribution in [1.82, 2.24) is 10.3 Å². The minimum atomic E-state index is -0.509. The van der Waals surface area contributed by atoms with Crippen LogP contribution in [0.5, 0.6) is 11.5 Å². The number of rotatable bonds is 11. The first-order valence-corrected chi connectivity index (χ1v) is 14.5. The van der Waals surface area contributed by atoms with Gasteiger partial charge in [-0.2, -0.15) is 4.58 Å². The molecule has 8 nitrogen and oxygen atoms in total. The number of aryl methyl sites for hydroxylation is 1. The van der Waals surface area contributed by atoms with Crippen LogP contribution in [0.1, 0.15) is 72.6 Å². The molecule has 2 heterocycles. The maximum absolute atomic E-state index is 14.3. The number of aromatic nitrogens is 1. The fraction of sp³-hybridized carbons (Fsp3) is 0.375. The normalized spacial score (nSPS) is 13.9. The van der Waals surface area contributed by atoms with E-state index in [0.29, 0.717) is 41.8 Å².